The first-order valence-electron chi connectivity index (χ1n) is 14.9. The number of phosphoric ester groups is 1. The summed E-state index contributed by atoms with van der Waals surface area (Å²) in [5, 5.41) is 2.76. The zero-order valence-corrected chi connectivity index (χ0v) is 25.7. The largest absolute Gasteiger partial charge is 0.472 e. The van der Waals surface area contributed by atoms with E-state index in [1.54, 1.807) is 0 Å². The lowest BCUT2D eigenvalue weighted by Gasteiger charge is -2.25. The van der Waals surface area contributed by atoms with Gasteiger partial charge in [-0.1, -0.05) is 97.3 Å². The molecule has 0 heterocycles. The third-order valence-electron chi connectivity index (χ3n) is 6.25. The Bertz CT molecular complexity index is 586. The molecule has 0 saturated carbocycles. The minimum Gasteiger partial charge on any atom is -0.379 e. The molecule has 9 heteroatoms. The summed E-state index contributed by atoms with van der Waals surface area (Å²) in [7, 11) is 1.69. The average Bonchev–Trinajstić information content (AvgIpc) is 2.81. The van der Waals surface area contributed by atoms with Crippen LogP contribution in [0.1, 0.15) is 117 Å². The van der Waals surface area contributed by atoms with Gasteiger partial charge in [0.15, 0.2) is 0 Å². The Morgan fingerprint density at radius 3 is 1.81 bits per heavy atom. The number of quaternary nitrogens is 1. The number of nitrogens with zero attached hydrogens (tertiary/aromatic N) is 1. The van der Waals surface area contributed by atoms with Crippen molar-refractivity contribution in [3.05, 3.63) is 0 Å². The summed E-state index contributed by atoms with van der Waals surface area (Å²) in [6, 6.07) is 0. The maximum Gasteiger partial charge on any atom is 0.472 e. The third-order valence-corrected chi connectivity index (χ3v) is 7.32. The van der Waals surface area contributed by atoms with Crippen LogP contribution in [0.15, 0.2) is 0 Å². The van der Waals surface area contributed by atoms with E-state index in [0.29, 0.717) is 24.1 Å². The van der Waals surface area contributed by atoms with Gasteiger partial charge in [0.25, 0.3) is 0 Å². The number of likely N-dealkylation sites (N-methyl/N-ethyl adjacent to an activating group) is 1. The zero-order valence-electron chi connectivity index (χ0n) is 24.8. The van der Waals surface area contributed by atoms with Gasteiger partial charge in [-0.25, -0.2) is 4.57 Å². The maximum absolute atomic E-state index is 12.4. The Kier molecular flexibility index (Phi) is 23.1. The lowest BCUT2D eigenvalue weighted by molar-refractivity contribution is -0.870. The molecule has 0 aliphatic carbocycles. The summed E-state index contributed by atoms with van der Waals surface area (Å²) >= 11 is 0. The highest BCUT2D eigenvalue weighted by Gasteiger charge is 2.28. The van der Waals surface area contributed by atoms with E-state index in [9.17, 15) is 14.3 Å². The van der Waals surface area contributed by atoms with Crippen molar-refractivity contribution in [2.75, 3.05) is 54.1 Å². The van der Waals surface area contributed by atoms with Gasteiger partial charge >= 0.3 is 7.82 Å². The number of carbonyl (C=O) groups excluding carboxylic acids is 1. The molecule has 2 atom stereocenters. The molecule has 0 aromatic heterocycles. The van der Waals surface area contributed by atoms with Crippen molar-refractivity contribution in [3.63, 3.8) is 0 Å². The number of ether oxygens (including phenoxy) is 1. The first kappa shape index (κ1) is 36.5. The van der Waals surface area contributed by atoms with Crippen LogP contribution < -0.4 is 5.32 Å². The summed E-state index contributed by atoms with van der Waals surface area (Å²) < 4.78 is 29.2. The van der Waals surface area contributed by atoms with Gasteiger partial charge in [-0.2, -0.15) is 0 Å². The number of carbonyl (C=O) groups is 1. The number of rotatable bonds is 27. The molecule has 222 valence electrons. The lowest BCUT2D eigenvalue weighted by atomic mass is 10.0. The number of nitrogens with one attached hydrogen (secondary N) is 1. The second kappa shape index (κ2) is 23.4. The molecule has 1 amide bonds. The van der Waals surface area contributed by atoms with Crippen molar-refractivity contribution >= 4 is 13.7 Å². The van der Waals surface area contributed by atoms with E-state index in [2.05, 4.69) is 12.2 Å². The van der Waals surface area contributed by atoms with Gasteiger partial charge in [-0.05, 0) is 12.8 Å². The van der Waals surface area contributed by atoms with Gasteiger partial charge in [-0.15, -0.1) is 0 Å². The number of amides is 1. The smallest absolute Gasteiger partial charge is 0.379 e. The van der Waals surface area contributed by atoms with Gasteiger partial charge < -0.3 is 19.4 Å². The van der Waals surface area contributed by atoms with Crippen LogP contribution in [-0.4, -0.2) is 75.4 Å². The first-order valence-corrected chi connectivity index (χ1v) is 16.4. The van der Waals surface area contributed by atoms with Crippen LogP contribution >= 0.6 is 7.82 Å². The SMILES string of the molecule is CCCCCCCCCCCCCCCCOCC(CNC(=O)CCC)OP(=O)(O)OCC[N+](C)(C)C. The standard InChI is InChI=1S/C28H59N2O6P/c1-6-8-9-10-11-12-13-14-15-16-17-18-19-20-23-34-26-27(25-29-28(31)21-7-2)36-37(32,33)35-24-22-30(3,4)5/h27H,6-26H2,1-5H3,(H-,29,31,32,33)/p+1. The molecule has 0 spiro atoms. The van der Waals surface area contributed by atoms with Gasteiger partial charge in [0, 0.05) is 19.6 Å². The van der Waals surface area contributed by atoms with E-state index in [4.69, 9.17) is 13.8 Å². The second-order valence-corrected chi connectivity index (χ2v) is 12.7. The number of unbranched alkanes of at least 4 members (excludes halogenated alkanes) is 13. The van der Waals surface area contributed by atoms with Crippen LogP contribution in [0, 0.1) is 0 Å². The van der Waals surface area contributed by atoms with Crippen LogP contribution in [-0.2, 0) is 23.1 Å². The average molecular weight is 552 g/mol. The fourth-order valence-corrected chi connectivity index (χ4v) is 4.82. The van der Waals surface area contributed by atoms with Gasteiger partial charge in [0.1, 0.15) is 19.3 Å². The van der Waals surface area contributed by atoms with Crippen molar-refractivity contribution in [2.24, 2.45) is 0 Å². The summed E-state index contributed by atoms with van der Waals surface area (Å²) in [5.74, 6) is -0.109. The molecule has 0 rings (SSSR count). The molecule has 2 unspecified atom stereocenters. The Morgan fingerprint density at radius 1 is 0.811 bits per heavy atom. The Labute approximate surface area is 228 Å². The van der Waals surface area contributed by atoms with Crippen LogP contribution in [0.5, 0.6) is 0 Å². The van der Waals surface area contributed by atoms with E-state index >= 15 is 0 Å². The minimum atomic E-state index is -4.24. The van der Waals surface area contributed by atoms with Gasteiger partial charge in [0.2, 0.25) is 5.91 Å². The van der Waals surface area contributed by atoms with Crippen molar-refractivity contribution < 1.29 is 32.5 Å². The number of hydrogen-bond donors (Lipinski definition) is 2. The Morgan fingerprint density at radius 2 is 1.32 bits per heavy atom. The van der Waals surface area contributed by atoms with Crippen LogP contribution in [0.4, 0.5) is 0 Å². The molecule has 0 bridgehead atoms. The molecule has 0 radical (unpaired) electrons. The van der Waals surface area contributed by atoms with E-state index < -0.39 is 13.9 Å². The second-order valence-electron chi connectivity index (χ2n) is 11.3. The number of phosphoric acid groups is 1. The normalized spacial score (nSPS) is 14.4. The van der Waals surface area contributed by atoms with E-state index in [1.165, 1.54) is 77.0 Å². The highest BCUT2D eigenvalue weighted by molar-refractivity contribution is 7.47. The van der Waals surface area contributed by atoms with Crippen LogP contribution in [0.3, 0.4) is 0 Å². The fraction of sp³-hybridized carbons (Fsp3) is 0.964. The minimum absolute atomic E-state index is 0.103. The fourth-order valence-electron chi connectivity index (χ4n) is 3.93. The summed E-state index contributed by atoms with van der Waals surface area (Å²) in [5.41, 5.74) is 0. The van der Waals surface area contributed by atoms with Crippen molar-refractivity contribution in [1.82, 2.24) is 5.32 Å². The highest BCUT2D eigenvalue weighted by atomic mass is 31.2. The van der Waals surface area contributed by atoms with Crippen LogP contribution in [0.25, 0.3) is 0 Å². The molecule has 8 nitrogen and oxygen atoms in total. The monoisotopic (exact) mass is 551 g/mol. The molecule has 0 aliphatic heterocycles. The molecule has 0 saturated heterocycles. The molecule has 2 N–H and O–H groups in total. The van der Waals surface area contributed by atoms with E-state index in [1.807, 2.05) is 28.1 Å². The number of hydrogen-bond acceptors (Lipinski definition) is 5. The molecule has 0 aromatic carbocycles. The summed E-state index contributed by atoms with van der Waals surface area (Å²) in [4.78, 5) is 22.0. The van der Waals surface area contributed by atoms with Crippen molar-refractivity contribution in [1.29, 1.82) is 0 Å². The molecule has 37 heavy (non-hydrogen) atoms. The summed E-state index contributed by atoms with van der Waals surface area (Å²) in [6.07, 6.45) is 18.6. The molecule has 0 aromatic rings. The van der Waals surface area contributed by atoms with Crippen molar-refractivity contribution in [2.45, 2.75) is 123 Å². The lowest BCUT2D eigenvalue weighted by Crippen LogP contribution is -2.38. The van der Waals surface area contributed by atoms with Gasteiger partial charge in [0.05, 0.1) is 27.7 Å². The van der Waals surface area contributed by atoms with E-state index in [-0.39, 0.29) is 25.7 Å². The molecule has 0 fully saturated rings. The third kappa shape index (κ3) is 26.9. The Hall–Kier alpha value is -0.500. The predicted molar refractivity (Wildman–Crippen MR) is 153 cm³/mol. The van der Waals surface area contributed by atoms with E-state index in [0.717, 1.165) is 19.3 Å². The maximum atomic E-state index is 12.4. The molecular formula is C28H60N2O6P+. The summed E-state index contributed by atoms with van der Waals surface area (Å²) in [6.45, 7) is 5.68. The molecule has 0 aliphatic rings. The molecular weight excluding hydrogens is 491 g/mol. The van der Waals surface area contributed by atoms with Crippen molar-refractivity contribution in [3.8, 4) is 0 Å². The first-order chi connectivity index (χ1) is 17.6. The zero-order chi connectivity index (χ0) is 27.8. The quantitative estimate of drug-likeness (QED) is 0.0678. The van der Waals surface area contributed by atoms with Crippen LogP contribution in [0.2, 0.25) is 0 Å². The van der Waals surface area contributed by atoms with Gasteiger partial charge in [-0.3, -0.25) is 13.8 Å². The highest BCUT2D eigenvalue weighted by Crippen LogP contribution is 2.44. The Balaban J connectivity index is 4.02. The predicted octanol–water partition coefficient (Wildman–Crippen LogP) is 6.61. The topological polar surface area (TPSA) is 94.1 Å².